The van der Waals surface area contributed by atoms with E-state index in [2.05, 4.69) is 23.2 Å². The molecule has 2 aliphatic heterocycles. The number of esters is 1. The zero-order chi connectivity index (χ0) is 22.7. The molecule has 9 nitrogen and oxygen atoms in total. The Balaban J connectivity index is 1.98. The van der Waals surface area contributed by atoms with Gasteiger partial charge in [-0.1, -0.05) is 25.6 Å². The molecule has 0 spiro atoms. The summed E-state index contributed by atoms with van der Waals surface area (Å²) >= 11 is 2.60. The summed E-state index contributed by atoms with van der Waals surface area (Å²) < 4.78 is 20.2. The van der Waals surface area contributed by atoms with Crippen molar-refractivity contribution in [1.29, 1.82) is 5.41 Å². The number of methoxy groups -OCH3 is 2. The van der Waals surface area contributed by atoms with E-state index >= 15 is 0 Å². The van der Waals surface area contributed by atoms with Crippen molar-refractivity contribution < 1.29 is 23.8 Å². The number of nitrogens with one attached hydrogen (secondary N) is 1. The molecule has 0 radical (unpaired) electrons. The van der Waals surface area contributed by atoms with Crippen LogP contribution in [0.25, 0.3) is 6.08 Å². The Morgan fingerprint density at radius 2 is 1.94 bits per heavy atom. The fourth-order valence-electron chi connectivity index (χ4n) is 2.73. The van der Waals surface area contributed by atoms with E-state index in [1.807, 2.05) is 0 Å². The third kappa shape index (κ3) is 4.93. The van der Waals surface area contributed by atoms with Gasteiger partial charge in [-0.25, -0.2) is 4.90 Å². The van der Waals surface area contributed by atoms with E-state index in [1.165, 1.54) is 39.0 Å². The number of carbonyl (C=O) groups is 2. The van der Waals surface area contributed by atoms with E-state index in [1.54, 1.807) is 17.0 Å². The molecule has 0 atom stereocenters. The minimum absolute atomic E-state index is 0.00278. The van der Waals surface area contributed by atoms with Gasteiger partial charge in [0.25, 0.3) is 5.91 Å². The Bertz CT molecular complexity index is 1010. The number of fused-ring (bicyclic) bond motifs is 1. The summed E-state index contributed by atoms with van der Waals surface area (Å²) in [6.07, 6.45) is 1.53. The highest BCUT2D eigenvalue weighted by atomic mass is 32.2. The number of amidine groups is 3. The van der Waals surface area contributed by atoms with Gasteiger partial charge in [0.2, 0.25) is 10.9 Å². The first-order valence-electron chi connectivity index (χ1n) is 9.31. The summed E-state index contributed by atoms with van der Waals surface area (Å²) in [5.41, 5.74) is 0.630. The maximum absolute atomic E-state index is 12.6. The molecule has 2 aliphatic rings. The molecule has 1 aromatic rings. The minimum Gasteiger partial charge on any atom is -0.493 e. The molecule has 164 valence electrons. The number of nitrogens with zero attached hydrogens (tertiary/aromatic N) is 3. The van der Waals surface area contributed by atoms with Gasteiger partial charge in [0.1, 0.15) is 5.84 Å². The molecule has 2 heterocycles. The summed E-state index contributed by atoms with van der Waals surface area (Å²) in [4.78, 5) is 29.7. The van der Waals surface area contributed by atoms with Crippen molar-refractivity contribution in [2.75, 3.05) is 20.0 Å². The number of ether oxygens (including phenoxy) is 3. The fourth-order valence-corrected chi connectivity index (χ4v) is 4.52. The first kappa shape index (κ1) is 22.9. The van der Waals surface area contributed by atoms with Crippen molar-refractivity contribution in [2.24, 2.45) is 15.3 Å². The lowest BCUT2D eigenvalue weighted by molar-refractivity contribution is -0.132. The van der Waals surface area contributed by atoms with Gasteiger partial charge in [0.15, 0.2) is 16.7 Å². The predicted octanol–water partition coefficient (Wildman–Crippen LogP) is 3.59. The van der Waals surface area contributed by atoms with Crippen molar-refractivity contribution in [3.63, 3.8) is 0 Å². The van der Waals surface area contributed by atoms with Crippen LogP contribution in [0.1, 0.15) is 26.3 Å². The van der Waals surface area contributed by atoms with E-state index < -0.39 is 11.9 Å². The number of hydrogen-bond donors (Lipinski definition) is 1. The number of thioether (sulfide) groups is 1. The van der Waals surface area contributed by atoms with Gasteiger partial charge in [-0.2, -0.15) is 9.39 Å². The van der Waals surface area contributed by atoms with Crippen LogP contribution in [0.4, 0.5) is 0 Å². The van der Waals surface area contributed by atoms with Gasteiger partial charge < -0.3 is 14.2 Å². The van der Waals surface area contributed by atoms with Crippen LogP contribution in [0.2, 0.25) is 0 Å². The zero-order valence-corrected chi connectivity index (χ0v) is 19.3. The second kappa shape index (κ2) is 9.56. The summed E-state index contributed by atoms with van der Waals surface area (Å²) in [7, 11) is 2.86. The molecule has 0 aromatic heterocycles. The Morgan fingerprint density at radius 3 is 2.48 bits per heavy atom. The Morgan fingerprint density at radius 1 is 1.29 bits per heavy atom. The van der Waals surface area contributed by atoms with Gasteiger partial charge in [0.05, 0.1) is 31.7 Å². The lowest BCUT2D eigenvalue weighted by Crippen LogP contribution is -2.41. The molecule has 0 saturated carbocycles. The van der Waals surface area contributed by atoms with Crippen molar-refractivity contribution in [1.82, 2.24) is 4.90 Å². The summed E-state index contributed by atoms with van der Waals surface area (Å²) in [6.45, 7) is 5.47. The van der Waals surface area contributed by atoms with Crippen LogP contribution in [0.5, 0.6) is 17.2 Å². The van der Waals surface area contributed by atoms with E-state index in [0.29, 0.717) is 21.8 Å². The van der Waals surface area contributed by atoms with Crippen LogP contribution in [-0.4, -0.2) is 52.9 Å². The standard InChI is InChI=1S/C20H22N4O5S2/c1-10(2)9-30-20-23-31-19-22-18(26)13(17(21)24(19)20)6-12-7-14(27-4)16(29-11(3)25)15(8-12)28-5/h6-8,10,21H,9H2,1-5H3/b13-6-,21-17?. The number of benzene rings is 1. The molecular weight excluding hydrogens is 440 g/mol. The van der Waals surface area contributed by atoms with E-state index in [0.717, 1.165) is 17.7 Å². The van der Waals surface area contributed by atoms with Crippen LogP contribution in [0, 0.1) is 11.3 Å². The molecule has 3 rings (SSSR count). The largest absolute Gasteiger partial charge is 0.493 e. The normalized spacial score (nSPS) is 17.0. The van der Waals surface area contributed by atoms with Gasteiger partial charge in [-0.05, 0) is 29.7 Å². The van der Waals surface area contributed by atoms with Gasteiger partial charge in [0, 0.05) is 12.7 Å². The lowest BCUT2D eigenvalue weighted by atomic mass is 10.1. The lowest BCUT2D eigenvalue weighted by Gasteiger charge is -2.24. The topological polar surface area (TPSA) is 114 Å². The number of carbonyl (C=O) groups excluding carboxylic acids is 2. The summed E-state index contributed by atoms with van der Waals surface area (Å²) in [6, 6.07) is 3.18. The molecule has 0 unspecified atom stereocenters. The highest BCUT2D eigenvalue weighted by Crippen LogP contribution is 2.40. The van der Waals surface area contributed by atoms with Crippen molar-refractivity contribution in [3.8, 4) is 17.2 Å². The van der Waals surface area contributed by atoms with Crippen molar-refractivity contribution in [3.05, 3.63) is 23.3 Å². The van der Waals surface area contributed by atoms with Gasteiger partial charge >= 0.3 is 5.97 Å². The molecule has 1 N–H and O–H groups in total. The first-order chi connectivity index (χ1) is 14.7. The van der Waals surface area contributed by atoms with Crippen molar-refractivity contribution >= 4 is 57.8 Å². The first-order valence-corrected chi connectivity index (χ1v) is 11.1. The maximum Gasteiger partial charge on any atom is 0.308 e. The Labute approximate surface area is 188 Å². The second-order valence-electron chi connectivity index (χ2n) is 6.96. The number of amides is 1. The second-order valence-corrected chi connectivity index (χ2v) is 8.68. The molecule has 31 heavy (non-hydrogen) atoms. The van der Waals surface area contributed by atoms with E-state index in [4.69, 9.17) is 19.6 Å². The number of aliphatic imine (C=N–C) groups is 1. The summed E-state index contributed by atoms with van der Waals surface area (Å²) in [5.74, 6) is 0.873. The van der Waals surface area contributed by atoms with Crippen molar-refractivity contribution in [2.45, 2.75) is 20.8 Å². The fraction of sp³-hybridized carbons (Fsp3) is 0.350. The van der Waals surface area contributed by atoms with Crippen LogP contribution < -0.4 is 14.2 Å². The van der Waals surface area contributed by atoms with E-state index in [9.17, 15) is 9.59 Å². The average Bonchev–Trinajstić information content (AvgIpc) is 3.12. The van der Waals surface area contributed by atoms with Gasteiger partial charge in [-0.15, -0.1) is 0 Å². The molecule has 0 bridgehead atoms. The highest BCUT2D eigenvalue weighted by molar-refractivity contribution is 8.19. The molecular formula is C20H22N4O5S2. The predicted molar refractivity (Wildman–Crippen MR) is 123 cm³/mol. The third-order valence-corrected chi connectivity index (χ3v) is 6.26. The van der Waals surface area contributed by atoms with Crippen LogP contribution in [0.15, 0.2) is 27.1 Å². The monoisotopic (exact) mass is 462 g/mol. The molecule has 0 fully saturated rings. The molecule has 0 aliphatic carbocycles. The molecule has 1 aromatic carbocycles. The highest BCUT2D eigenvalue weighted by Gasteiger charge is 2.37. The number of hydrogen-bond acceptors (Lipinski definition) is 9. The third-order valence-electron chi connectivity index (χ3n) is 4.08. The molecule has 11 heteroatoms. The molecule has 1 amide bonds. The zero-order valence-electron chi connectivity index (χ0n) is 17.7. The van der Waals surface area contributed by atoms with Gasteiger partial charge in [-0.3, -0.25) is 15.0 Å². The average molecular weight is 463 g/mol. The SMILES string of the molecule is COc1cc(/C=C2/C(=N)N3C(SCC(C)C)=NSC3=NC2=O)cc(OC)c1OC(C)=O. The minimum atomic E-state index is -0.531. The quantitative estimate of drug-likeness (QED) is 0.295. The van der Waals surface area contributed by atoms with Crippen LogP contribution in [-0.2, 0) is 9.59 Å². The number of rotatable bonds is 6. The van der Waals surface area contributed by atoms with E-state index in [-0.39, 0.29) is 28.7 Å². The maximum atomic E-state index is 12.6. The van der Waals surface area contributed by atoms with Crippen LogP contribution in [0.3, 0.4) is 0 Å². The summed E-state index contributed by atoms with van der Waals surface area (Å²) in [5, 5.41) is 9.62. The Hall–Kier alpha value is -2.79. The molecule has 0 saturated heterocycles. The van der Waals surface area contributed by atoms with Crippen LogP contribution >= 0.6 is 23.7 Å². The smallest absolute Gasteiger partial charge is 0.308 e. The Kier molecular flexibility index (Phi) is 7.06.